The zero-order valence-electron chi connectivity index (χ0n) is 10.4. The van der Waals surface area contributed by atoms with Gasteiger partial charge in [0.2, 0.25) is 12.1 Å². The SMILES string of the molecule is CC(C)(C)Oc1ccc(C(=O)C(F)N=[N+]=[N-])cc1. The van der Waals surface area contributed by atoms with Gasteiger partial charge in [-0.15, -0.1) is 0 Å². The highest BCUT2D eigenvalue weighted by Crippen LogP contribution is 2.19. The molecule has 1 rings (SSSR count). The number of nitrogens with zero attached hydrogens (tertiary/aromatic N) is 3. The molecule has 6 heteroatoms. The lowest BCUT2D eigenvalue weighted by Gasteiger charge is -2.21. The molecule has 0 spiro atoms. The van der Waals surface area contributed by atoms with Gasteiger partial charge in [-0.1, -0.05) is 0 Å². The average Bonchev–Trinajstić information content (AvgIpc) is 2.27. The fourth-order valence-corrected chi connectivity index (χ4v) is 1.28. The normalized spacial score (nSPS) is 12.4. The predicted molar refractivity (Wildman–Crippen MR) is 65.2 cm³/mol. The summed E-state index contributed by atoms with van der Waals surface area (Å²) in [6.07, 6.45) is -2.19. The summed E-state index contributed by atoms with van der Waals surface area (Å²) >= 11 is 0. The molecular weight excluding hydrogens is 237 g/mol. The summed E-state index contributed by atoms with van der Waals surface area (Å²) in [5, 5.41) is 2.72. The lowest BCUT2D eigenvalue weighted by molar-refractivity contribution is 0.0883. The zero-order chi connectivity index (χ0) is 13.8. The molecule has 0 amide bonds. The number of hydrogen-bond acceptors (Lipinski definition) is 3. The Balaban J connectivity index is 2.83. The van der Waals surface area contributed by atoms with Crippen LogP contribution in [0.15, 0.2) is 29.4 Å². The summed E-state index contributed by atoms with van der Waals surface area (Å²) in [5.41, 5.74) is 7.84. The van der Waals surface area contributed by atoms with Crippen molar-refractivity contribution < 1.29 is 13.9 Å². The number of alkyl halides is 1. The Kier molecular flexibility index (Phi) is 4.28. The van der Waals surface area contributed by atoms with E-state index in [1.807, 2.05) is 20.8 Å². The molecule has 96 valence electrons. The van der Waals surface area contributed by atoms with Crippen molar-refractivity contribution in [3.05, 3.63) is 40.3 Å². The van der Waals surface area contributed by atoms with Crippen LogP contribution in [-0.2, 0) is 0 Å². The number of benzene rings is 1. The first-order chi connectivity index (χ1) is 8.33. The number of azide groups is 1. The van der Waals surface area contributed by atoms with Gasteiger partial charge in [0.15, 0.2) is 0 Å². The van der Waals surface area contributed by atoms with E-state index in [0.717, 1.165) is 0 Å². The van der Waals surface area contributed by atoms with Crippen molar-refractivity contribution in [1.29, 1.82) is 0 Å². The van der Waals surface area contributed by atoms with Crippen molar-refractivity contribution in [1.82, 2.24) is 0 Å². The molecule has 0 radical (unpaired) electrons. The third-order valence-corrected chi connectivity index (χ3v) is 1.93. The van der Waals surface area contributed by atoms with Crippen molar-refractivity contribution in [2.24, 2.45) is 5.11 Å². The molecule has 0 saturated heterocycles. The van der Waals surface area contributed by atoms with Crippen LogP contribution in [0.3, 0.4) is 0 Å². The summed E-state index contributed by atoms with van der Waals surface area (Å²) < 4.78 is 18.6. The van der Waals surface area contributed by atoms with Crippen LogP contribution in [-0.4, -0.2) is 17.7 Å². The molecule has 1 aromatic carbocycles. The molecule has 0 saturated carbocycles. The van der Waals surface area contributed by atoms with E-state index >= 15 is 0 Å². The predicted octanol–water partition coefficient (Wildman–Crippen LogP) is 3.65. The second kappa shape index (κ2) is 5.51. The van der Waals surface area contributed by atoms with Gasteiger partial charge in [-0.3, -0.25) is 4.79 Å². The van der Waals surface area contributed by atoms with E-state index in [1.165, 1.54) is 12.1 Å². The Morgan fingerprint density at radius 1 is 1.39 bits per heavy atom. The van der Waals surface area contributed by atoms with Gasteiger partial charge >= 0.3 is 0 Å². The maximum atomic E-state index is 13.1. The summed E-state index contributed by atoms with van der Waals surface area (Å²) in [7, 11) is 0. The second-order valence-electron chi connectivity index (χ2n) is 4.64. The van der Waals surface area contributed by atoms with Crippen molar-refractivity contribution in [3.8, 4) is 5.75 Å². The van der Waals surface area contributed by atoms with Crippen LogP contribution < -0.4 is 4.74 Å². The van der Waals surface area contributed by atoms with Crippen molar-refractivity contribution in [2.45, 2.75) is 32.7 Å². The van der Waals surface area contributed by atoms with E-state index in [9.17, 15) is 9.18 Å². The minimum absolute atomic E-state index is 0.135. The van der Waals surface area contributed by atoms with Crippen LogP contribution in [0, 0.1) is 0 Å². The van der Waals surface area contributed by atoms with Gasteiger partial charge in [-0.05, 0) is 55.7 Å². The lowest BCUT2D eigenvalue weighted by Crippen LogP contribution is -2.23. The van der Waals surface area contributed by atoms with E-state index in [4.69, 9.17) is 10.3 Å². The minimum atomic E-state index is -2.19. The molecule has 0 heterocycles. The van der Waals surface area contributed by atoms with Gasteiger partial charge < -0.3 is 4.74 Å². The molecule has 1 aromatic rings. The molecule has 18 heavy (non-hydrogen) atoms. The Bertz CT molecular complexity index is 473. The quantitative estimate of drug-likeness (QED) is 0.269. The van der Waals surface area contributed by atoms with Crippen molar-refractivity contribution in [3.63, 3.8) is 0 Å². The van der Waals surface area contributed by atoms with Crippen LogP contribution in [0.5, 0.6) is 5.75 Å². The minimum Gasteiger partial charge on any atom is -0.488 e. The number of ether oxygens (including phenoxy) is 1. The average molecular weight is 251 g/mol. The standard InChI is InChI=1S/C12H14FN3O2/c1-12(2,3)18-9-6-4-8(5-7-9)10(17)11(13)15-16-14/h4-7,11H,1-3H3. The number of carbonyl (C=O) groups is 1. The number of halogens is 1. The molecule has 0 fully saturated rings. The van der Waals surface area contributed by atoms with Gasteiger partial charge in [0.25, 0.3) is 0 Å². The largest absolute Gasteiger partial charge is 0.488 e. The molecule has 1 unspecified atom stereocenters. The smallest absolute Gasteiger partial charge is 0.241 e. The number of rotatable bonds is 4. The van der Waals surface area contributed by atoms with E-state index in [0.29, 0.717) is 5.75 Å². The first-order valence-corrected chi connectivity index (χ1v) is 5.35. The monoisotopic (exact) mass is 251 g/mol. The molecule has 0 aliphatic heterocycles. The van der Waals surface area contributed by atoms with Crippen molar-refractivity contribution in [2.75, 3.05) is 0 Å². The molecule has 0 N–H and O–H groups in total. The lowest BCUT2D eigenvalue weighted by atomic mass is 10.1. The third-order valence-electron chi connectivity index (χ3n) is 1.93. The topological polar surface area (TPSA) is 75.1 Å². The summed E-state index contributed by atoms with van der Waals surface area (Å²) in [6, 6.07) is 6.01. The molecule has 0 aliphatic rings. The maximum Gasteiger partial charge on any atom is 0.241 e. The zero-order valence-corrected chi connectivity index (χ0v) is 10.4. The van der Waals surface area contributed by atoms with Crippen LogP contribution in [0.25, 0.3) is 10.4 Å². The highest BCUT2D eigenvalue weighted by molar-refractivity contribution is 5.99. The first kappa shape index (κ1) is 14.0. The first-order valence-electron chi connectivity index (χ1n) is 5.35. The molecule has 0 bridgehead atoms. The second-order valence-corrected chi connectivity index (χ2v) is 4.64. The summed E-state index contributed by atoms with van der Waals surface area (Å²) in [4.78, 5) is 13.7. The van der Waals surface area contributed by atoms with Gasteiger partial charge in [-0.25, -0.2) is 4.39 Å². The van der Waals surface area contributed by atoms with Gasteiger partial charge in [-0.2, -0.15) is 0 Å². The Hall–Kier alpha value is -2.07. The number of carbonyl (C=O) groups excluding carboxylic acids is 1. The van der Waals surface area contributed by atoms with Gasteiger partial charge in [0.1, 0.15) is 11.4 Å². The fourth-order valence-electron chi connectivity index (χ4n) is 1.28. The Morgan fingerprint density at radius 3 is 2.39 bits per heavy atom. The van der Waals surface area contributed by atoms with Crippen LogP contribution in [0.2, 0.25) is 0 Å². The van der Waals surface area contributed by atoms with Gasteiger partial charge in [0.05, 0.1) is 0 Å². The van der Waals surface area contributed by atoms with Crippen LogP contribution >= 0.6 is 0 Å². The van der Waals surface area contributed by atoms with E-state index in [-0.39, 0.29) is 11.2 Å². The Labute approximate surface area is 104 Å². The molecule has 1 atom stereocenters. The van der Waals surface area contributed by atoms with Crippen molar-refractivity contribution >= 4 is 5.78 Å². The maximum absolute atomic E-state index is 13.1. The number of ketones is 1. The Morgan fingerprint density at radius 2 is 1.94 bits per heavy atom. The molecule has 0 aliphatic carbocycles. The highest BCUT2D eigenvalue weighted by atomic mass is 19.1. The molecule has 5 nitrogen and oxygen atoms in total. The van der Waals surface area contributed by atoms with E-state index in [2.05, 4.69) is 10.0 Å². The number of Topliss-reactive ketones (excluding diaryl/α,β-unsaturated/α-hetero) is 1. The number of hydrogen-bond donors (Lipinski definition) is 0. The summed E-state index contributed by atoms with van der Waals surface area (Å²) in [6.45, 7) is 5.68. The molecule has 0 aromatic heterocycles. The molecular formula is C12H14FN3O2. The van der Waals surface area contributed by atoms with Gasteiger partial charge in [0, 0.05) is 10.5 Å². The van der Waals surface area contributed by atoms with E-state index in [1.54, 1.807) is 12.1 Å². The third kappa shape index (κ3) is 4.07. The highest BCUT2D eigenvalue weighted by Gasteiger charge is 2.18. The summed E-state index contributed by atoms with van der Waals surface area (Å²) in [5.74, 6) is -0.284. The van der Waals surface area contributed by atoms with E-state index < -0.39 is 12.1 Å². The van der Waals surface area contributed by atoms with Crippen LogP contribution in [0.4, 0.5) is 4.39 Å². The van der Waals surface area contributed by atoms with Crippen LogP contribution in [0.1, 0.15) is 31.1 Å². The fraction of sp³-hybridized carbons (Fsp3) is 0.417.